The van der Waals surface area contributed by atoms with Crippen LogP contribution in [0.4, 0.5) is 10.8 Å². The summed E-state index contributed by atoms with van der Waals surface area (Å²) in [6.07, 6.45) is 0.115. The topological polar surface area (TPSA) is 97.8 Å². The van der Waals surface area contributed by atoms with Crippen molar-refractivity contribution in [2.24, 2.45) is 5.92 Å². The summed E-state index contributed by atoms with van der Waals surface area (Å²) in [6, 6.07) is 5.26. The molecule has 1 atom stereocenters. The van der Waals surface area contributed by atoms with Crippen LogP contribution >= 0.6 is 11.3 Å². The predicted octanol–water partition coefficient (Wildman–Crippen LogP) is 2.37. The van der Waals surface area contributed by atoms with Crippen LogP contribution in [0.1, 0.15) is 28.7 Å². The van der Waals surface area contributed by atoms with Crippen molar-refractivity contribution in [2.45, 2.75) is 20.3 Å². The number of amides is 2. The lowest BCUT2D eigenvalue weighted by Gasteiger charge is -2.17. The summed E-state index contributed by atoms with van der Waals surface area (Å²) in [5.41, 5.74) is 1.26. The number of carbonyl (C=O) groups excluding carboxylic acids is 3. The number of hydrogen-bond acceptors (Lipinski definition) is 7. The summed E-state index contributed by atoms with van der Waals surface area (Å²) in [4.78, 5) is 42.8. The van der Waals surface area contributed by atoms with Gasteiger partial charge in [0, 0.05) is 31.6 Å². The molecule has 1 aromatic carbocycles. The van der Waals surface area contributed by atoms with Gasteiger partial charge in [0.2, 0.25) is 18.6 Å². The maximum atomic E-state index is 12.6. The van der Waals surface area contributed by atoms with E-state index in [2.05, 4.69) is 10.3 Å². The zero-order valence-corrected chi connectivity index (χ0v) is 15.6. The first-order valence-corrected chi connectivity index (χ1v) is 9.23. The molecule has 27 heavy (non-hydrogen) atoms. The Balaban J connectivity index is 1.46. The number of anilines is 2. The summed E-state index contributed by atoms with van der Waals surface area (Å²) >= 11 is 1.14. The molecule has 2 aromatic rings. The molecule has 1 unspecified atom stereocenters. The minimum atomic E-state index is -0.493. The molecule has 2 aliphatic rings. The fourth-order valence-corrected chi connectivity index (χ4v) is 4.03. The van der Waals surface area contributed by atoms with Crippen LogP contribution < -0.4 is 19.7 Å². The third-order valence-electron chi connectivity index (χ3n) is 4.51. The van der Waals surface area contributed by atoms with Crippen molar-refractivity contribution in [2.75, 3.05) is 23.6 Å². The van der Waals surface area contributed by atoms with Crippen LogP contribution in [0.25, 0.3) is 0 Å². The van der Waals surface area contributed by atoms with Crippen molar-refractivity contribution in [1.29, 1.82) is 0 Å². The summed E-state index contributed by atoms with van der Waals surface area (Å²) in [6.45, 7) is 3.62. The van der Waals surface area contributed by atoms with Crippen LogP contribution in [0.15, 0.2) is 18.2 Å². The number of thiazole rings is 1. The Kier molecular flexibility index (Phi) is 4.31. The smallest absolute Gasteiger partial charge is 0.231 e. The number of ketones is 1. The molecule has 0 aliphatic carbocycles. The quantitative estimate of drug-likeness (QED) is 0.809. The second-order valence-electron chi connectivity index (χ2n) is 6.42. The molecule has 8 nitrogen and oxygen atoms in total. The van der Waals surface area contributed by atoms with Crippen LogP contribution in [0.5, 0.6) is 11.5 Å². The van der Waals surface area contributed by atoms with E-state index in [1.54, 1.807) is 30.0 Å². The fourth-order valence-electron chi connectivity index (χ4n) is 3.17. The minimum Gasteiger partial charge on any atom is -0.454 e. The molecule has 0 saturated carbocycles. The van der Waals surface area contributed by atoms with E-state index in [1.807, 2.05) is 0 Å². The van der Waals surface area contributed by atoms with E-state index >= 15 is 0 Å². The highest BCUT2D eigenvalue weighted by molar-refractivity contribution is 7.17. The molecular weight excluding hydrogens is 370 g/mol. The summed E-state index contributed by atoms with van der Waals surface area (Å²) in [5.74, 6) is 0.232. The fraction of sp³-hybridized carbons (Fsp3) is 0.333. The van der Waals surface area contributed by atoms with Gasteiger partial charge < -0.3 is 19.7 Å². The number of nitrogens with zero attached hydrogens (tertiary/aromatic N) is 2. The number of rotatable bonds is 4. The van der Waals surface area contributed by atoms with Gasteiger partial charge in [0.25, 0.3) is 0 Å². The van der Waals surface area contributed by atoms with Gasteiger partial charge in [-0.05, 0) is 19.1 Å². The first-order chi connectivity index (χ1) is 12.9. The number of nitrogens with one attached hydrogen (secondary N) is 1. The number of fused-ring (bicyclic) bond motifs is 1. The van der Waals surface area contributed by atoms with E-state index in [-0.39, 0.29) is 37.4 Å². The zero-order valence-electron chi connectivity index (χ0n) is 14.8. The second-order valence-corrected chi connectivity index (χ2v) is 7.42. The normalized spacial score (nSPS) is 18.1. The van der Waals surface area contributed by atoms with Gasteiger partial charge in [-0.25, -0.2) is 4.98 Å². The molecule has 2 amide bonds. The van der Waals surface area contributed by atoms with Crippen molar-refractivity contribution in [3.05, 3.63) is 28.8 Å². The van der Waals surface area contributed by atoms with E-state index in [0.29, 0.717) is 32.9 Å². The standard InChI is InChI=1S/C18H17N3O5S/c1-9-16(10(2)22)27-18(19-9)20-17(24)11-5-15(23)21(7-11)12-3-4-13-14(6-12)26-8-25-13/h3-4,6,11H,5,7-8H2,1-2H3,(H,19,20,24). The molecule has 0 spiro atoms. The Morgan fingerprint density at radius 1 is 1.30 bits per heavy atom. The van der Waals surface area contributed by atoms with Crippen molar-refractivity contribution >= 4 is 39.8 Å². The van der Waals surface area contributed by atoms with Gasteiger partial charge in [-0.1, -0.05) is 11.3 Å². The lowest BCUT2D eigenvalue weighted by molar-refractivity contribution is -0.122. The first kappa shape index (κ1) is 17.5. The molecule has 0 radical (unpaired) electrons. The Labute approximate surface area is 159 Å². The number of aryl methyl sites for hydroxylation is 1. The molecule has 3 heterocycles. The Hall–Kier alpha value is -2.94. The maximum Gasteiger partial charge on any atom is 0.231 e. The molecule has 1 aromatic heterocycles. The van der Waals surface area contributed by atoms with Crippen LogP contribution in [0, 0.1) is 12.8 Å². The number of aromatic nitrogens is 1. The maximum absolute atomic E-state index is 12.6. The first-order valence-electron chi connectivity index (χ1n) is 8.41. The summed E-state index contributed by atoms with van der Waals surface area (Å²) in [5, 5.41) is 3.10. The molecule has 140 valence electrons. The highest BCUT2D eigenvalue weighted by Gasteiger charge is 2.36. The number of Topliss-reactive ketones (excluding diaryl/α,β-unsaturated/α-hetero) is 1. The van der Waals surface area contributed by atoms with E-state index in [9.17, 15) is 14.4 Å². The van der Waals surface area contributed by atoms with E-state index in [4.69, 9.17) is 9.47 Å². The predicted molar refractivity (Wildman–Crippen MR) is 98.5 cm³/mol. The minimum absolute atomic E-state index is 0.0875. The third kappa shape index (κ3) is 3.25. The van der Waals surface area contributed by atoms with E-state index in [1.165, 1.54) is 6.92 Å². The summed E-state index contributed by atoms with van der Waals surface area (Å²) in [7, 11) is 0. The van der Waals surface area contributed by atoms with Crippen molar-refractivity contribution in [3.8, 4) is 11.5 Å². The third-order valence-corrected chi connectivity index (χ3v) is 5.68. The van der Waals surface area contributed by atoms with Crippen LogP contribution in [0.2, 0.25) is 0 Å². The average molecular weight is 387 g/mol. The van der Waals surface area contributed by atoms with Crippen LogP contribution in [-0.4, -0.2) is 35.9 Å². The highest BCUT2D eigenvalue weighted by Crippen LogP contribution is 2.37. The molecule has 1 N–H and O–H groups in total. The van der Waals surface area contributed by atoms with Gasteiger partial charge in [-0.3, -0.25) is 14.4 Å². The number of carbonyl (C=O) groups is 3. The van der Waals surface area contributed by atoms with E-state index < -0.39 is 5.92 Å². The highest BCUT2D eigenvalue weighted by atomic mass is 32.1. The monoisotopic (exact) mass is 387 g/mol. The molecular formula is C18H17N3O5S. The Morgan fingerprint density at radius 3 is 2.81 bits per heavy atom. The van der Waals surface area contributed by atoms with Gasteiger partial charge in [0.05, 0.1) is 16.5 Å². The number of benzene rings is 1. The zero-order chi connectivity index (χ0) is 19.1. The second kappa shape index (κ2) is 6.66. The molecule has 9 heteroatoms. The van der Waals surface area contributed by atoms with Gasteiger partial charge in [-0.2, -0.15) is 0 Å². The number of hydrogen-bond donors (Lipinski definition) is 1. The van der Waals surface area contributed by atoms with Gasteiger partial charge in [0.15, 0.2) is 22.4 Å². The number of ether oxygens (including phenoxy) is 2. The largest absolute Gasteiger partial charge is 0.454 e. The Bertz CT molecular complexity index is 954. The average Bonchev–Trinajstić information content (AvgIpc) is 3.32. The molecule has 1 saturated heterocycles. The van der Waals surface area contributed by atoms with Crippen LogP contribution in [0.3, 0.4) is 0 Å². The Morgan fingerprint density at radius 2 is 2.07 bits per heavy atom. The molecule has 4 rings (SSSR count). The van der Waals surface area contributed by atoms with Crippen molar-refractivity contribution in [1.82, 2.24) is 4.98 Å². The molecule has 0 bridgehead atoms. The lowest BCUT2D eigenvalue weighted by atomic mass is 10.1. The van der Waals surface area contributed by atoms with Gasteiger partial charge >= 0.3 is 0 Å². The lowest BCUT2D eigenvalue weighted by Crippen LogP contribution is -2.28. The summed E-state index contributed by atoms with van der Waals surface area (Å²) < 4.78 is 10.6. The van der Waals surface area contributed by atoms with Gasteiger partial charge in [0.1, 0.15) is 0 Å². The van der Waals surface area contributed by atoms with E-state index in [0.717, 1.165) is 11.3 Å². The van der Waals surface area contributed by atoms with Crippen molar-refractivity contribution in [3.63, 3.8) is 0 Å². The molecule has 2 aliphatic heterocycles. The molecule has 1 fully saturated rings. The van der Waals surface area contributed by atoms with Crippen LogP contribution in [-0.2, 0) is 9.59 Å². The van der Waals surface area contributed by atoms with Gasteiger partial charge in [-0.15, -0.1) is 0 Å². The van der Waals surface area contributed by atoms with Crippen molar-refractivity contribution < 1.29 is 23.9 Å². The SMILES string of the molecule is CC(=O)c1sc(NC(=O)C2CC(=O)N(c3ccc4c(c3)OCO4)C2)nc1C.